The Kier molecular flexibility index (Phi) is 5.29. The molecule has 1 saturated carbocycles. The van der Waals surface area contributed by atoms with E-state index < -0.39 is 0 Å². The van der Waals surface area contributed by atoms with E-state index in [2.05, 4.69) is 19.9 Å². The molecule has 20 heavy (non-hydrogen) atoms. The van der Waals surface area contributed by atoms with E-state index in [0.29, 0.717) is 12.5 Å². The van der Waals surface area contributed by atoms with Crippen LogP contribution in [0, 0.1) is 23.2 Å². The second-order valence-corrected chi connectivity index (χ2v) is 5.61. The number of benzene rings is 1. The van der Waals surface area contributed by atoms with Crippen LogP contribution in [-0.2, 0) is 0 Å². The average molecular weight is 273 g/mol. The summed E-state index contributed by atoms with van der Waals surface area (Å²) >= 11 is 0. The molecule has 1 fully saturated rings. The first-order valence-corrected chi connectivity index (χ1v) is 7.52. The summed E-state index contributed by atoms with van der Waals surface area (Å²) in [4.78, 5) is 0. The summed E-state index contributed by atoms with van der Waals surface area (Å²) in [5, 5.41) is 9.28. The van der Waals surface area contributed by atoms with Gasteiger partial charge in [0.2, 0.25) is 0 Å². The van der Waals surface area contributed by atoms with Gasteiger partial charge in [-0.25, -0.2) is 0 Å². The van der Waals surface area contributed by atoms with Gasteiger partial charge < -0.3 is 9.47 Å². The van der Waals surface area contributed by atoms with Crippen LogP contribution < -0.4 is 9.47 Å². The van der Waals surface area contributed by atoms with Crippen LogP contribution in [0.1, 0.15) is 39.5 Å². The molecule has 0 aliphatic heterocycles. The van der Waals surface area contributed by atoms with Crippen LogP contribution in [0.5, 0.6) is 11.5 Å². The normalized spacial score (nSPS) is 25.8. The van der Waals surface area contributed by atoms with E-state index in [0.717, 1.165) is 37.2 Å². The predicted octanol–water partition coefficient (Wildman–Crippen LogP) is 4.18. The number of hydrogen-bond donors (Lipinski definition) is 0. The summed E-state index contributed by atoms with van der Waals surface area (Å²) in [7, 11) is 0. The van der Waals surface area contributed by atoms with Gasteiger partial charge in [0, 0.05) is 0 Å². The van der Waals surface area contributed by atoms with Crippen LogP contribution in [0.2, 0.25) is 0 Å². The Morgan fingerprint density at radius 2 is 2.00 bits per heavy atom. The lowest BCUT2D eigenvalue weighted by Crippen LogP contribution is -2.32. The minimum absolute atomic E-state index is 0.00886. The molecule has 1 aliphatic rings. The molecule has 3 heteroatoms. The molecule has 3 unspecified atom stereocenters. The van der Waals surface area contributed by atoms with E-state index in [4.69, 9.17) is 9.47 Å². The highest BCUT2D eigenvalue weighted by Gasteiger charge is 2.30. The average Bonchev–Trinajstić information content (AvgIpc) is 2.47. The van der Waals surface area contributed by atoms with Gasteiger partial charge in [-0.05, 0) is 43.7 Å². The van der Waals surface area contributed by atoms with Gasteiger partial charge in [0.25, 0.3) is 0 Å². The highest BCUT2D eigenvalue weighted by atomic mass is 16.5. The molecule has 0 N–H and O–H groups in total. The van der Waals surface area contributed by atoms with Crippen molar-refractivity contribution in [1.82, 2.24) is 0 Å². The zero-order valence-corrected chi connectivity index (χ0v) is 12.3. The lowest BCUT2D eigenvalue weighted by atomic mass is 9.81. The van der Waals surface area contributed by atoms with E-state index in [-0.39, 0.29) is 12.0 Å². The topological polar surface area (TPSA) is 42.2 Å². The molecule has 3 atom stereocenters. The molecule has 0 heterocycles. The summed E-state index contributed by atoms with van der Waals surface area (Å²) in [6, 6.07) is 10.1. The second-order valence-electron chi connectivity index (χ2n) is 5.61. The van der Waals surface area contributed by atoms with Crippen molar-refractivity contribution in [2.45, 2.75) is 45.6 Å². The SMILES string of the molecule is CCCOc1ccccc1OC1CC(C)CCC1C#N. The van der Waals surface area contributed by atoms with E-state index in [1.54, 1.807) is 0 Å². The van der Waals surface area contributed by atoms with Crippen LogP contribution in [0.15, 0.2) is 24.3 Å². The van der Waals surface area contributed by atoms with Crippen molar-refractivity contribution in [3.8, 4) is 17.6 Å². The van der Waals surface area contributed by atoms with Gasteiger partial charge in [0.15, 0.2) is 11.5 Å². The molecule has 0 bridgehead atoms. The van der Waals surface area contributed by atoms with Crippen molar-refractivity contribution in [3.05, 3.63) is 24.3 Å². The van der Waals surface area contributed by atoms with Gasteiger partial charge in [-0.2, -0.15) is 5.26 Å². The molecule has 1 aromatic carbocycles. The number of ether oxygens (including phenoxy) is 2. The summed E-state index contributed by atoms with van der Waals surface area (Å²) in [6.07, 6.45) is 3.94. The largest absolute Gasteiger partial charge is 0.490 e. The van der Waals surface area contributed by atoms with Crippen LogP contribution >= 0.6 is 0 Å². The minimum Gasteiger partial charge on any atom is -0.490 e. The molecular formula is C17H23NO2. The fourth-order valence-corrected chi connectivity index (χ4v) is 2.65. The predicted molar refractivity (Wildman–Crippen MR) is 78.8 cm³/mol. The number of hydrogen-bond acceptors (Lipinski definition) is 3. The highest BCUT2D eigenvalue weighted by Crippen LogP contribution is 2.35. The molecule has 108 valence electrons. The zero-order valence-electron chi connectivity index (χ0n) is 12.3. The van der Waals surface area contributed by atoms with E-state index in [9.17, 15) is 5.26 Å². The first kappa shape index (κ1) is 14.7. The van der Waals surface area contributed by atoms with Crippen molar-refractivity contribution < 1.29 is 9.47 Å². The Morgan fingerprint density at radius 1 is 1.25 bits per heavy atom. The first-order valence-electron chi connectivity index (χ1n) is 7.52. The molecule has 0 saturated heterocycles. The van der Waals surface area contributed by atoms with Gasteiger partial charge in [0.05, 0.1) is 18.6 Å². The minimum atomic E-state index is -0.0184. The lowest BCUT2D eigenvalue weighted by molar-refractivity contribution is 0.0914. The first-order chi connectivity index (χ1) is 9.74. The van der Waals surface area contributed by atoms with E-state index in [1.165, 1.54) is 0 Å². The van der Waals surface area contributed by atoms with E-state index in [1.807, 2.05) is 24.3 Å². The number of rotatable bonds is 5. The third-order valence-electron chi connectivity index (χ3n) is 3.81. The summed E-state index contributed by atoms with van der Waals surface area (Å²) in [5.41, 5.74) is 0. The second kappa shape index (κ2) is 7.19. The Labute approximate surface area is 121 Å². The highest BCUT2D eigenvalue weighted by molar-refractivity contribution is 5.39. The van der Waals surface area contributed by atoms with Crippen LogP contribution in [0.25, 0.3) is 0 Å². The standard InChI is InChI=1S/C17H23NO2/c1-3-10-19-15-6-4-5-7-16(15)20-17-11-13(2)8-9-14(17)12-18/h4-7,13-14,17H,3,8-11H2,1-2H3. The van der Waals surface area contributed by atoms with Gasteiger partial charge in [-0.3, -0.25) is 0 Å². The van der Waals surface area contributed by atoms with Crippen LogP contribution in [0.4, 0.5) is 0 Å². The number of nitriles is 1. The smallest absolute Gasteiger partial charge is 0.161 e. The molecule has 2 rings (SSSR count). The summed E-state index contributed by atoms with van der Waals surface area (Å²) in [5.74, 6) is 2.16. The molecule has 0 amide bonds. The van der Waals surface area contributed by atoms with Crippen LogP contribution in [-0.4, -0.2) is 12.7 Å². The van der Waals surface area contributed by atoms with E-state index >= 15 is 0 Å². The number of para-hydroxylation sites is 2. The third-order valence-corrected chi connectivity index (χ3v) is 3.81. The Morgan fingerprint density at radius 3 is 2.70 bits per heavy atom. The van der Waals surface area contributed by atoms with Gasteiger partial charge >= 0.3 is 0 Å². The number of nitrogens with zero attached hydrogens (tertiary/aromatic N) is 1. The van der Waals surface area contributed by atoms with Gasteiger partial charge in [-0.1, -0.05) is 26.0 Å². The third kappa shape index (κ3) is 3.66. The molecule has 0 radical (unpaired) electrons. The van der Waals surface area contributed by atoms with Gasteiger partial charge in [0.1, 0.15) is 6.10 Å². The summed E-state index contributed by atoms with van der Waals surface area (Å²) < 4.78 is 11.8. The van der Waals surface area contributed by atoms with Gasteiger partial charge in [-0.15, -0.1) is 0 Å². The quantitative estimate of drug-likeness (QED) is 0.808. The maximum Gasteiger partial charge on any atom is 0.161 e. The maximum atomic E-state index is 9.28. The molecular weight excluding hydrogens is 250 g/mol. The lowest BCUT2D eigenvalue weighted by Gasteiger charge is -2.31. The van der Waals surface area contributed by atoms with Crippen LogP contribution in [0.3, 0.4) is 0 Å². The fraction of sp³-hybridized carbons (Fsp3) is 0.588. The van der Waals surface area contributed by atoms with Crippen molar-refractivity contribution in [3.63, 3.8) is 0 Å². The molecule has 3 nitrogen and oxygen atoms in total. The summed E-state index contributed by atoms with van der Waals surface area (Å²) in [6.45, 7) is 4.99. The maximum absolute atomic E-state index is 9.28. The molecule has 0 aromatic heterocycles. The Bertz CT molecular complexity index is 466. The molecule has 0 spiro atoms. The Balaban J connectivity index is 2.09. The Hall–Kier alpha value is -1.69. The van der Waals surface area contributed by atoms with Crippen molar-refractivity contribution in [1.29, 1.82) is 5.26 Å². The van der Waals surface area contributed by atoms with Crippen molar-refractivity contribution in [2.75, 3.05) is 6.61 Å². The zero-order chi connectivity index (χ0) is 14.4. The fourth-order valence-electron chi connectivity index (χ4n) is 2.65. The molecule has 1 aliphatic carbocycles. The van der Waals surface area contributed by atoms with Crippen molar-refractivity contribution >= 4 is 0 Å². The molecule has 1 aromatic rings. The van der Waals surface area contributed by atoms with Crippen molar-refractivity contribution in [2.24, 2.45) is 11.8 Å². The monoisotopic (exact) mass is 273 g/mol.